The van der Waals surface area contributed by atoms with Crippen molar-refractivity contribution in [3.8, 4) is 41.2 Å². The Kier molecular flexibility index (Phi) is 7.76. The number of halogens is 2. The molecule has 5 fully saturated rings. The van der Waals surface area contributed by atoms with Gasteiger partial charge < -0.3 is 29.0 Å². The molecule has 266 valence electrons. The van der Waals surface area contributed by atoms with Gasteiger partial charge in [0.25, 0.3) is 0 Å². The van der Waals surface area contributed by atoms with Gasteiger partial charge in [-0.1, -0.05) is 25.3 Å². The predicted octanol–water partition coefficient (Wildman–Crippen LogP) is 5.85. The number of terminal acetylenes is 1. The maximum absolute atomic E-state index is 17.2. The number of phenols is 1. The molecule has 1 saturated carbocycles. The molecule has 0 amide bonds. The first-order valence-electron chi connectivity index (χ1n) is 17.9. The van der Waals surface area contributed by atoms with E-state index in [2.05, 4.69) is 27.6 Å². The Morgan fingerprint density at radius 1 is 1.12 bits per heavy atom. The fourth-order valence-electron chi connectivity index (χ4n) is 9.56. The predicted molar refractivity (Wildman–Crippen MR) is 187 cm³/mol. The van der Waals surface area contributed by atoms with E-state index in [1.54, 1.807) is 0 Å². The highest BCUT2D eigenvalue weighted by atomic mass is 19.1. The molecule has 2 bridgehead atoms. The summed E-state index contributed by atoms with van der Waals surface area (Å²) in [6.07, 6.45) is 12.0. The fraction of sp³-hybridized carbons (Fsp3) is 0.513. The minimum atomic E-state index is -0.782. The Balaban J connectivity index is 1.17. The lowest BCUT2D eigenvalue weighted by Gasteiger charge is -2.50. The first-order chi connectivity index (χ1) is 24.7. The molecule has 4 aromatic rings. The number of ether oxygens (including phenoxy) is 4. The van der Waals surface area contributed by atoms with Crippen molar-refractivity contribution >= 4 is 27.5 Å². The number of fused-ring (bicyclic) bond motifs is 5. The average Bonchev–Trinajstić information content (AvgIpc) is 3.87. The molecular formula is C39H41F2N5O5. The van der Waals surface area contributed by atoms with Crippen molar-refractivity contribution in [3.05, 3.63) is 41.5 Å². The molecule has 10 nitrogen and oxygen atoms in total. The second kappa shape index (κ2) is 12.1. The monoisotopic (exact) mass is 697 g/mol. The van der Waals surface area contributed by atoms with Crippen LogP contribution in [0, 0.1) is 34.8 Å². The number of aromatic hydroxyl groups is 1. The van der Waals surface area contributed by atoms with Crippen LogP contribution in [0.5, 0.6) is 17.6 Å². The molecule has 2 aromatic carbocycles. The molecule has 4 aliphatic heterocycles. The number of hydrogen-bond donors (Lipinski definition) is 1. The second-order valence-corrected chi connectivity index (χ2v) is 15.4. The zero-order chi connectivity index (χ0) is 35.1. The number of benzene rings is 2. The van der Waals surface area contributed by atoms with Crippen LogP contribution < -0.4 is 14.4 Å². The summed E-state index contributed by atoms with van der Waals surface area (Å²) in [5.41, 5.74) is -0.0542. The minimum Gasteiger partial charge on any atom is -0.508 e. The van der Waals surface area contributed by atoms with Gasteiger partial charge in [0.15, 0.2) is 5.82 Å². The van der Waals surface area contributed by atoms with Crippen molar-refractivity contribution in [1.29, 1.82) is 0 Å². The Morgan fingerprint density at radius 3 is 2.69 bits per heavy atom. The zero-order valence-corrected chi connectivity index (χ0v) is 28.9. The molecule has 4 saturated heterocycles. The van der Waals surface area contributed by atoms with Gasteiger partial charge in [-0.15, -0.1) is 6.42 Å². The van der Waals surface area contributed by atoms with Gasteiger partial charge in [-0.05, 0) is 62.2 Å². The number of anilines is 1. The molecule has 9 rings (SSSR count). The van der Waals surface area contributed by atoms with Gasteiger partial charge in [-0.25, -0.2) is 13.8 Å². The van der Waals surface area contributed by atoms with Gasteiger partial charge in [0.2, 0.25) is 5.88 Å². The lowest BCUT2D eigenvalue weighted by atomic mass is 9.74. The number of likely N-dealkylation sites (tertiary alicyclic amines) is 1. The molecular weight excluding hydrogens is 656 g/mol. The van der Waals surface area contributed by atoms with Crippen molar-refractivity contribution in [3.63, 3.8) is 0 Å². The molecule has 0 unspecified atom stereocenters. The molecule has 1 aliphatic carbocycles. The maximum Gasteiger partial charge on any atom is 0.319 e. The average molecular weight is 698 g/mol. The topological polar surface area (TPSA) is 102 Å². The third kappa shape index (κ3) is 5.27. The van der Waals surface area contributed by atoms with Crippen molar-refractivity contribution < 1.29 is 32.8 Å². The summed E-state index contributed by atoms with van der Waals surface area (Å²) in [5, 5.41) is 11.7. The van der Waals surface area contributed by atoms with Crippen LogP contribution in [0.4, 0.5) is 14.6 Å². The fourth-order valence-corrected chi connectivity index (χ4v) is 9.56. The van der Waals surface area contributed by atoms with E-state index in [4.69, 9.17) is 35.3 Å². The number of phenolic OH excluding ortho intramolecular Hbond substituents is 1. The standard InChI is InChI=1S/C39H41F2N5O5/c1-4-26-28(40)9-8-22-13-24(47)15-27(30(22)26)33-32(41)34-31(36(42-33)48-3)35(46-16-25-14-23(46)17-50-25)44-37(43-34)51-21-39-10-5-7-29(39)45(12-6-11-39)18-38(2)19-49-20-38/h1,8-9,13,15,23,25,29,47H,5-7,10-12,14,16-21H2,2-3H3/t23-,25-,29-,39-/m1/s1. The SMILES string of the molecule is C#Cc1c(F)ccc2cc(O)cc(-c3nc(OC)c4c(N5C[C@H]6C[C@@H]5CO6)nc(OC[C@]56CCC[C@H]5N(CC5(C)COC5)CCC6)nc4c3F)c12. The number of nitrogens with zero attached hydrogens (tertiary/aromatic N) is 5. The van der Waals surface area contributed by atoms with E-state index in [-0.39, 0.29) is 68.3 Å². The van der Waals surface area contributed by atoms with E-state index in [0.29, 0.717) is 42.4 Å². The Morgan fingerprint density at radius 2 is 1.96 bits per heavy atom. The van der Waals surface area contributed by atoms with Gasteiger partial charge in [-0.2, -0.15) is 9.97 Å². The molecule has 6 heterocycles. The highest BCUT2D eigenvalue weighted by Crippen LogP contribution is 2.50. The Bertz CT molecular complexity index is 2100. The van der Waals surface area contributed by atoms with Crippen molar-refractivity contribution in [1.82, 2.24) is 19.9 Å². The Hall–Kier alpha value is -4.31. The summed E-state index contributed by atoms with van der Waals surface area (Å²) >= 11 is 0. The van der Waals surface area contributed by atoms with Gasteiger partial charge in [0, 0.05) is 40.9 Å². The van der Waals surface area contributed by atoms with Crippen molar-refractivity contribution in [2.24, 2.45) is 10.8 Å². The maximum atomic E-state index is 17.2. The minimum absolute atomic E-state index is 0.0393. The first kappa shape index (κ1) is 32.6. The highest BCUT2D eigenvalue weighted by molar-refractivity contribution is 6.04. The number of morpholine rings is 1. The molecule has 0 spiro atoms. The number of aromatic nitrogens is 3. The molecule has 12 heteroatoms. The van der Waals surface area contributed by atoms with E-state index in [0.717, 1.165) is 64.8 Å². The normalized spacial score (nSPS) is 26.7. The van der Waals surface area contributed by atoms with Gasteiger partial charge in [-0.3, -0.25) is 4.90 Å². The smallest absolute Gasteiger partial charge is 0.319 e. The van der Waals surface area contributed by atoms with Crippen LogP contribution in [-0.2, 0) is 9.47 Å². The second-order valence-electron chi connectivity index (χ2n) is 15.4. The van der Waals surface area contributed by atoms with Crippen LogP contribution in [0.1, 0.15) is 51.0 Å². The molecule has 1 N–H and O–H groups in total. The highest BCUT2D eigenvalue weighted by Gasteiger charge is 2.50. The lowest BCUT2D eigenvalue weighted by Crippen LogP contribution is -2.57. The first-order valence-corrected chi connectivity index (χ1v) is 17.9. The quantitative estimate of drug-likeness (QED) is 0.226. The van der Waals surface area contributed by atoms with Crippen molar-refractivity contribution in [2.45, 2.75) is 63.6 Å². The largest absolute Gasteiger partial charge is 0.508 e. The third-order valence-electron chi connectivity index (χ3n) is 11.9. The van der Waals surface area contributed by atoms with E-state index in [9.17, 15) is 5.11 Å². The summed E-state index contributed by atoms with van der Waals surface area (Å²) in [6, 6.07) is 6.01. The van der Waals surface area contributed by atoms with Crippen LogP contribution in [0.25, 0.3) is 32.9 Å². The van der Waals surface area contributed by atoms with E-state index in [1.807, 2.05) is 0 Å². The summed E-state index contributed by atoms with van der Waals surface area (Å²) in [7, 11) is 1.45. The summed E-state index contributed by atoms with van der Waals surface area (Å²) in [4.78, 5) is 19.1. The van der Waals surface area contributed by atoms with Gasteiger partial charge >= 0.3 is 6.01 Å². The van der Waals surface area contributed by atoms with Gasteiger partial charge in [0.1, 0.15) is 34.0 Å². The van der Waals surface area contributed by atoms with Crippen LogP contribution in [0.15, 0.2) is 24.3 Å². The van der Waals surface area contributed by atoms with Crippen LogP contribution in [0.2, 0.25) is 0 Å². The molecule has 0 radical (unpaired) electrons. The summed E-state index contributed by atoms with van der Waals surface area (Å²) in [5.74, 6) is 1.39. The van der Waals surface area contributed by atoms with Crippen LogP contribution in [0.3, 0.4) is 0 Å². The number of piperidine rings is 1. The summed E-state index contributed by atoms with van der Waals surface area (Å²) in [6.45, 7) is 7.48. The van der Waals surface area contributed by atoms with E-state index in [1.165, 1.54) is 31.4 Å². The number of hydrogen-bond acceptors (Lipinski definition) is 10. The molecule has 4 atom stereocenters. The van der Waals surface area contributed by atoms with Crippen molar-refractivity contribution in [2.75, 3.05) is 58.1 Å². The Labute approximate surface area is 295 Å². The summed E-state index contributed by atoms with van der Waals surface area (Å²) < 4.78 is 56.1. The lowest BCUT2D eigenvalue weighted by molar-refractivity contribution is -0.130. The van der Waals surface area contributed by atoms with Crippen LogP contribution >= 0.6 is 0 Å². The zero-order valence-electron chi connectivity index (χ0n) is 28.9. The third-order valence-corrected chi connectivity index (χ3v) is 11.9. The number of rotatable bonds is 8. The van der Waals surface area contributed by atoms with E-state index >= 15 is 8.78 Å². The molecule has 51 heavy (non-hydrogen) atoms. The van der Waals surface area contributed by atoms with Gasteiger partial charge in [0.05, 0.1) is 51.2 Å². The molecule has 5 aliphatic rings. The van der Waals surface area contributed by atoms with E-state index < -0.39 is 11.6 Å². The number of pyridine rings is 1. The van der Waals surface area contributed by atoms with Crippen LogP contribution in [-0.4, -0.2) is 96.3 Å². The molecule has 2 aromatic heterocycles. The number of methoxy groups -OCH3 is 1.